The summed E-state index contributed by atoms with van der Waals surface area (Å²) in [6, 6.07) is 15.7. The van der Waals surface area contributed by atoms with Crippen LogP contribution in [0.4, 0.5) is 0 Å². The van der Waals surface area contributed by atoms with Gasteiger partial charge in [0.1, 0.15) is 17.2 Å². The average Bonchev–Trinajstić information content (AvgIpc) is 2.86. The van der Waals surface area contributed by atoms with Gasteiger partial charge in [-0.3, -0.25) is 10.1 Å². The Bertz CT molecular complexity index is 983. The van der Waals surface area contributed by atoms with Crippen molar-refractivity contribution in [2.45, 2.75) is 61.5 Å². The highest BCUT2D eigenvalue weighted by Crippen LogP contribution is 2.38. The molecular weight excluding hydrogens is 442 g/mol. The normalized spacial score (nSPS) is 20.8. The Morgan fingerprint density at radius 1 is 1.06 bits per heavy atom. The third-order valence-corrected chi connectivity index (χ3v) is 8.45. The van der Waals surface area contributed by atoms with Gasteiger partial charge in [0.05, 0.1) is 24.7 Å². The lowest BCUT2D eigenvalue weighted by atomic mass is 9.92. The van der Waals surface area contributed by atoms with Crippen LogP contribution in [0.15, 0.2) is 59.5 Å². The highest BCUT2D eigenvalue weighted by Gasteiger charge is 2.47. The first-order chi connectivity index (χ1) is 15.9. The lowest BCUT2D eigenvalue weighted by molar-refractivity contribution is -0.144. The van der Waals surface area contributed by atoms with E-state index in [1.807, 2.05) is 37.3 Å². The molecule has 33 heavy (non-hydrogen) atoms. The van der Waals surface area contributed by atoms with Crippen molar-refractivity contribution in [1.82, 2.24) is 5.32 Å². The van der Waals surface area contributed by atoms with E-state index in [9.17, 15) is 13.2 Å². The van der Waals surface area contributed by atoms with E-state index in [4.69, 9.17) is 14.2 Å². The number of hydrogen-bond acceptors (Lipinski definition) is 7. The number of esters is 1. The van der Waals surface area contributed by atoms with Crippen LogP contribution in [0.1, 0.15) is 44.6 Å². The molecule has 1 fully saturated rings. The molecule has 0 bridgehead atoms. The molecule has 180 valence electrons. The van der Waals surface area contributed by atoms with E-state index in [1.54, 1.807) is 24.3 Å². The van der Waals surface area contributed by atoms with Crippen LogP contribution >= 0.6 is 0 Å². The second-order valence-electron chi connectivity index (χ2n) is 8.24. The van der Waals surface area contributed by atoms with Gasteiger partial charge in [0.2, 0.25) is 0 Å². The third-order valence-electron chi connectivity index (χ3n) is 5.98. The minimum absolute atomic E-state index is 0.0241. The number of carbonyl (C=O) groups excluding carboxylic acids is 1. The highest BCUT2D eigenvalue weighted by atomic mass is 32.2. The number of nitrogens with one attached hydrogen (secondary N) is 1. The van der Waals surface area contributed by atoms with Crippen molar-refractivity contribution >= 4 is 15.8 Å². The van der Waals surface area contributed by atoms with Crippen LogP contribution in [0.2, 0.25) is 0 Å². The number of rotatable bonds is 11. The molecule has 0 unspecified atom stereocenters. The minimum atomic E-state index is -3.79. The van der Waals surface area contributed by atoms with Gasteiger partial charge in [0, 0.05) is 6.61 Å². The minimum Gasteiger partial charge on any atom is -0.497 e. The van der Waals surface area contributed by atoms with E-state index in [2.05, 4.69) is 5.32 Å². The molecule has 1 N–H and O–H groups in total. The van der Waals surface area contributed by atoms with E-state index < -0.39 is 20.7 Å². The Hall–Kier alpha value is -2.42. The molecule has 1 aliphatic carbocycles. The fourth-order valence-corrected chi connectivity index (χ4v) is 6.03. The summed E-state index contributed by atoms with van der Waals surface area (Å²) in [5.41, 5.74) is 0.875. The number of ether oxygens (including phenoxy) is 3. The molecule has 8 heteroatoms. The molecule has 7 nitrogen and oxygen atoms in total. The van der Waals surface area contributed by atoms with Crippen LogP contribution in [-0.2, 0) is 30.7 Å². The Morgan fingerprint density at radius 3 is 2.33 bits per heavy atom. The molecular formula is C25H33NO6S. The fourth-order valence-electron chi connectivity index (χ4n) is 4.05. The molecule has 3 rings (SSSR count). The zero-order valence-corrected chi connectivity index (χ0v) is 20.1. The summed E-state index contributed by atoms with van der Waals surface area (Å²) < 4.78 is 43.8. The largest absolute Gasteiger partial charge is 0.497 e. The summed E-state index contributed by atoms with van der Waals surface area (Å²) in [5.74, 6) is 0.0876. The maximum atomic E-state index is 13.7. The first kappa shape index (κ1) is 25.2. The standard InChI is InChI=1S/C25H33NO6S/c1-3-17-31-22-13-15-25(16-14-22,33(28,29)23-11-9-21(30-2)10-12-23)26-18-24(27)32-19-20-7-5-4-6-8-20/h4-12,22,26H,3,13-19H2,1-2H3. The van der Waals surface area contributed by atoms with Crippen molar-refractivity contribution in [3.05, 3.63) is 60.2 Å². The van der Waals surface area contributed by atoms with E-state index in [0.717, 1.165) is 12.0 Å². The van der Waals surface area contributed by atoms with Gasteiger partial charge >= 0.3 is 5.97 Å². The smallest absolute Gasteiger partial charge is 0.320 e. The SMILES string of the molecule is CCCOC1CCC(NCC(=O)OCc2ccccc2)(S(=O)(=O)c2ccc(OC)cc2)CC1. The lowest BCUT2D eigenvalue weighted by Crippen LogP contribution is -2.56. The van der Waals surface area contributed by atoms with Gasteiger partial charge in [-0.05, 0) is 61.9 Å². The third kappa shape index (κ3) is 6.34. The van der Waals surface area contributed by atoms with Crippen molar-refractivity contribution < 1.29 is 27.4 Å². The zero-order valence-electron chi connectivity index (χ0n) is 19.3. The van der Waals surface area contributed by atoms with Crippen LogP contribution in [0, 0.1) is 0 Å². The van der Waals surface area contributed by atoms with Crippen molar-refractivity contribution in [3.8, 4) is 5.75 Å². The van der Waals surface area contributed by atoms with E-state index in [1.165, 1.54) is 7.11 Å². The second kappa shape index (κ2) is 11.6. The maximum Gasteiger partial charge on any atom is 0.320 e. The van der Waals surface area contributed by atoms with Crippen molar-refractivity contribution in [2.75, 3.05) is 20.3 Å². The van der Waals surface area contributed by atoms with Crippen LogP contribution in [-0.4, -0.2) is 45.6 Å². The molecule has 0 saturated heterocycles. The molecule has 2 aromatic carbocycles. The zero-order chi connectivity index (χ0) is 23.7. The topological polar surface area (TPSA) is 90.9 Å². The Balaban J connectivity index is 1.73. The summed E-state index contributed by atoms with van der Waals surface area (Å²) >= 11 is 0. The molecule has 1 aliphatic rings. The fraction of sp³-hybridized carbons (Fsp3) is 0.480. The first-order valence-corrected chi connectivity index (χ1v) is 12.8. The molecule has 0 amide bonds. The van der Waals surface area contributed by atoms with Crippen LogP contribution in [0.25, 0.3) is 0 Å². The Morgan fingerprint density at radius 2 is 1.73 bits per heavy atom. The van der Waals surface area contributed by atoms with Gasteiger partial charge in [-0.2, -0.15) is 0 Å². The van der Waals surface area contributed by atoms with Gasteiger partial charge < -0.3 is 14.2 Å². The van der Waals surface area contributed by atoms with E-state index in [-0.39, 0.29) is 24.2 Å². The predicted octanol–water partition coefficient (Wildman–Crippen LogP) is 3.87. The number of carbonyl (C=O) groups is 1. The van der Waals surface area contributed by atoms with E-state index in [0.29, 0.717) is 38.0 Å². The summed E-state index contributed by atoms with van der Waals surface area (Å²) in [4.78, 5) is 11.4. The van der Waals surface area contributed by atoms with Gasteiger partial charge in [0.25, 0.3) is 0 Å². The maximum absolute atomic E-state index is 13.7. The number of benzene rings is 2. The molecule has 0 heterocycles. The highest BCUT2D eigenvalue weighted by molar-refractivity contribution is 7.92. The second-order valence-corrected chi connectivity index (χ2v) is 10.5. The lowest BCUT2D eigenvalue weighted by Gasteiger charge is -2.40. The number of sulfone groups is 1. The van der Waals surface area contributed by atoms with Gasteiger partial charge in [-0.15, -0.1) is 0 Å². The van der Waals surface area contributed by atoms with Gasteiger partial charge in [-0.1, -0.05) is 37.3 Å². The molecule has 0 radical (unpaired) electrons. The van der Waals surface area contributed by atoms with Crippen molar-refractivity contribution in [2.24, 2.45) is 0 Å². The summed E-state index contributed by atoms with van der Waals surface area (Å²) in [6.07, 6.45) is 2.83. The van der Waals surface area contributed by atoms with Crippen molar-refractivity contribution in [1.29, 1.82) is 0 Å². The molecule has 0 atom stereocenters. The number of hydrogen-bond donors (Lipinski definition) is 1. The summed E-state index contributed by atoms with van der Waals surface area (Å²) in [7, 11) is -2.25. The Labute approximate surface area is 196 Å². The van der Waals surface area contributed by atoms with Crippen LogP contribution in [0.5, 0.6) is 5.75 Å². The summed E-state index contributed by atoms with van der Waals surface area (Å²) in [6.45, 7) is 2.65. The van der Waals surface area contributed by atoms with Gasteiger partial charge in [-0.25, -0.2) is 8.42 Å². The molecule has 1 saturated carbocycles. The van der Waals surface area contributed by atoms with Gasteiger partial charge in [0.15, 0.2) is 9.84 Å². The molecule has 2 aromatic rings. The predicted molar refractivity (Wildman–Crippen MR) is 126 cm³/mol. The Kier molecular flexibility index (Phi) is 8.88. The quantitative estimate of drug-likeness (QED) is 0.493. The first-order valence-electron chi connectivity index (χ1n) is 11.3. The number of methoxy groups -OCH3 is 1. The summed E-state index contributed by atoms with van der Waals surface area (Å²) in [5, 5.41) is 3.07. The monoisotopic (exact) mass is 475 g/mol. The van der Waals surface area contributed by atoms with Crippen molar-refractivity contribution in [3.63, 3.8) is 0 Å². The average molecular weight is 476 g/mol. The molecule has 0 aliphatic heterocycles. The van der Waals surface area contributed by atoms with E-state index >= 15 is 0 Å². The molecule has 0 spiro atoms. The molecule has 0 aromatic heterocycles. The van der Waals surface area contributed by atoms with Crippen LogP contribution in [0.3, 0.4) is 0 Å². The van der Waals surface area contributed by atoms with Crippen LogP contribution < -0.4 is 10.1 Å².